The average Bonchev–Trinajstić information content (AvgIpc) is 2.56. The standard InChI is InChI=1S/C17H14O6S/c1-2-21-15-5-3-4-6-16(15)23-24(19,20)13-8-9-14-12(11-13)7-10-17(18)22-14/h3-11H,2H2,1H3. The van der Waals surface area contributed by atoms with E-state index in [0.29, 0.717) is 23.3 Å². The van der Waals surface area contributed by atoms with Gasteiger partial charge in [0.15, 0.2) is 11.5 Å². The molecule has 0 radical (unpaired) electrons. The van der Waals surface area contributed by atoms with Crippen LogP contribution in [0.5, 0.6) is 11.5 Å². The Morgan fingerprint density at radius 3 is 2.50 bits per heavy atom. The maximum absolute atomic E-state index is 12.5. The van der Waals surface area contributed by atoms with Gasteiger partial charge < -0.3 is 13.3 Å². The molecule has 6 nitrogen and oxygen atoms in total. The summed E-state index contributed by atoms with van der Waals surface area (Å²) in [7, 11) is -4.06. The first-order chi connectivity index (χ1) is 11.5. The predicted octanol–water partition coefficient (Wildman–Crippen LogP) is 2.96. The highest BCUT2D eigenvalue weighted by Gasteiger charge is 2.19. The molecule has 0 bridgehead atoms. The molecule has 2 aromatic carbocycles. The second kappa shape index (κ2) is 6.37. The normalized spacial score (nSPS) is 11.4. The van der Waals surface area contributed by atoms with Gasteiger partial charge in [-0.25, -0.2) is 4.79 Å². The Kier molecular flexibility index (Phi) is 4.26. The summed E-state index contributed by atoms with van der Waals surface area (Å²) < 4.78 is 40.5. The molecule has 0 atom stereocenters. The van der Waals surface area contributed by atoms with Crippen molar-refractivity contribution in [3.63, 3.8) is 0 Å². The molecule has 3 aromatic rings. The van der Waals surface area contributed by atoms with Crippen LogP contribution in [0.2, 0.25) is 0 Å². The van der Waals surface area contributed by atoms with Gasteiger partial charge in [0, 0.05) is 11.5 Å². The van der Waals surface area contributed by atoms with E-state index in [-0.39, 0.29) is 10.6 Å². The zero-order valence-corrected chi connectivity index (χ0v) is 13.6. The zero-order valence-electron chi connectivity index (χ0n) is 12.8. The van der Waals surface area contributed by atoms with Gasteiger partial charge in [0.05, 0.1) is 6.61 Å². The Morgan fingerprint density at radius 2 is 1.75 bits per heavy atom. The van der Waals surface area contributed by atoms with Gasteiger partial charge in [-0.2, -0.15) is 8.42 Å². The highest BCUT2D eigenvalue weighted by atomic mass is 32.2. The summed E-state index contributed by atoms with van der Waals surface area (Å²) in [5, 5.41) is 0.484. The van der Waals surface area contributed by atoms with Gasteiger partial charge in [-0.3, -0.25) is 0 Å². The SMILES string of the molecule is CCOc1ccccc1OS(=O)(=O)c1ccc2oc(=O)ccc2c1. The first-order valence-electron chi connectivity index (χ1n) is 7.20. The fourth-order valence-electron chi connectivity index (χ4n) is 2.17. The van der Waals surface area contributed by atoms with Crippen LogP contribution < -0.4 is 14.5 Å². The lowest BCUT2D eigenvalue weighted by molar-refractivity contribution is 0.327. The lowest BCUT2D eigenvalue weighted by Crippen LogP contribution is -2.11. The molecule has 0 unspecified atom stereocenters. The van der Waals surface area contributed by atoms with Crippen LogP contribution >= 0.6 is 0 Å². The minimum Gasteiger partial charge on any atom is -0.490 e. The number of rotatable bonds is 5. The van der Waals surface area contributed by atoms with Crippen molar-refractivity contribution in [2.75, 3.05) is 6.61 Å². The van der Waals surface area contributed by atoms with Gasteiger partial charge in [-0.15, -0.1) is 0 Å². The third kappa shape index (κ3) is 3.26. The molecule has 0 N–H and O–H groups in total. The van der Waals surface area contributed by atoms with Crippen LogP contribution in [0, 0.1) is 0 Å². The van der Waals surface area contributed by atoms with Crippen molar-refractivity contribution in [2.24, 2.45) is 0 Å². The van der Waals surface area contributed by atoms with Gasteiger partial charge in [-0.05, 0) is 43.3 Å². The molecule has 0 fully saturated rings. The monoisotopic (exact) mass is 346 g/mol. The minimum atomic E-state index is -4.06. The maximum Gasteiger partial charge on any atom is 0.339 e. The summed E-state index contributed by atoms with van der Waals surface area (Å²) in [5.41, 5.74) is -0.198. The molecule has 7 heteroatoms. The Labute approximate surface area is 138 Å². The van der Waals surface area contributed by atoms with Crippen LogP contribution in [0.3, 0.4) is 0 Å². The van der Waals surface area contributed by atoms with Gasteiger partial charge in [0.2, 0.25) is 0 Å². The van der Waals surface area contributed by atoms with Crippen molar-refractivity contribution < 1.29 is 21.8 Å². The Bertz CT molecular complexity index is 1040. The maximum atomic E-state index is 12.5. The van der Waals surface area contributed by atoms with E-state index in [2.05, 4.69) is 0 Å². The van der Waals surface area contributed by atoms with Gasteiger partial charge in [0.25, 0.3) is 0 Å². The lowest BCUT2D eigenvalue weighted by Gasteiger charge is -2.11. The van der Waals surface area contributed by atoms with Crippen molar-refractivity contribution in [1.82, 2.24) is 0 Å². The van der Waals surface area contributed by atoms with Gasteiger partial charge in [-0.1, -0.05) is 12.1 Å². The van der Waals surface area contributed by atoms with Crippen molar-refractivity contribution in [1.29, 1.82) is 0 Å². The van der Waals surface area contributed by atoms with Gasteiger partial charge in [0.1, 0.15) is 10.5 Å². The molecule has 1 aromatic heterocycles. The number of para-hydroxylation sites is 2. The summed E-state index contributed by atoms with van der Waals surface area (Å²) in [6.45, 7) is 2.18. The highest BCUT2D eigenvalue weighted by molar-refractivity contribution is 7.87. The van der Waals surface area contributed by atoms with E-state index in [9.17, 15) is 13.2 Å². The number of benzene rings is 2. The summed E-state index contributed by atoms with van der Waals surface area (Å²) in [6, 6.07) is 13.4. The average molecular weight is 346 g/mol. The van der Waals surface area contributed by atoms with E-state index >= 15 is 0 Å². The summed E-state index contributed by atoms with van der Waals surface area (Å²) in [4.78, 5) is 11.1. The highest BCUT2D eigenvalue weighted by Crippen LogP contribution is 2.30. The second-order valence-electron chi connectivity index (χ2n) is 4.87. The van der Waals surface area contributed by atoms with Crippen molar-refractivity contribution >= 4 is 21.1 Å². The molecule has 1 heterocycles. The van der Waals surface area contributed by atoms with Crippen LogP contribution in [-0.2, 0) is 10.1 Å². The smallest absolute Gasteiger partial charge is 0.339 e. The van der Waals surface area contributed by atoms with Crippen LogP contribution in [0.25, 0.3) is 11.0 Å². The largest absolute Gasteiger partial charge is 0.490 e. The molecule has 0 aliphatic heterocycles. The third-order valence-corrected chi connectivity index (χ3v) is 4.46. The zero-order chi connectivity index (χ0) is 17.2. The van der Waals surface area contributed by atoms with E-state index in [1.54, 1.807) is 25.1 Å². The molecular weight excluding hydrogens is 332 g/mol. The summed E-state index contributed by atoms with van der Waals surface area (Å²) in [5.74, 6) is 0.453. The topological polar surface area (TPSA) is 82.8 Å². The first kappa shape index (κ1) is 16.1. The quantitative estimate of drug-likeness (QED) is 0.522. The van der Waals surface area contributed by atoms with E-state index in [4.69, 9.17) is 13.3 Å². The molecule has 0 saturated heterocycles. The predicted molar refractivity (Wildman–Crippen MR) is 87.9 cm³/mol. The second-order valence-corrected chi connectivity index (χ2v) is 6.42. The van der Waals surface area contributed by atoms with E-state index < -0.39 is 15.7 Å². The number of fused-ring (bicyclic) bond motifs is 1. The third-order valence-electron chi connectivity index (χ3n) is 3.23. The van der Waals surface area contributed by atoms with Crippen molar-refractivity contribution in [3.05, 3.63) is 65.0 Å². The van der Waals surface area contributed by atoms with Crippen molar-refractivity contribution in [3.8, 4) is 11.5 Å². The van der Waals surface area contributed by atoms with E-state index in [1.165, 1.54) is 36.4 Å². The molecule has 0 saturated carbocycles. The number of ether oxygens (including phenoxy) is 1. The minimum absolute atomic E-state index is 0.0462. The summed E-state index contributed by atoms with van der Waals surface area (Å²) >= 11 is 0. The van der Waals surface area contributed by atoms with Gasteiger partial charge >= 0.3 is 15.7 Å². The van der Waals surface area contributed by atoms with E-state index in [1.807, 2.05) is 0 Å². The molecule has 0 aliphatic rings. The fourth-order valence-corrected chi connectivity index (χ4v) is 3.14. The molecular formula is C17H14O6S. The van der Waals surface area contributed by atoms with Crippen LogP contribution in [0.1, 0.15) is 6.92 Å². The first-order valence-corrected chi connectivity index (χ1v) is 8.60. The molecule has 3 rings (SSSR count). The van der Waals surface area contributed by atoms with Crippen LogP contribution in [-0.4, -0.2) is 15.0 Å². The number of hydrogen-bond acceptors (Lipinski definition) is 6. The van der Waals surface area contributed by atoms with Crippen LogP contribution in [0.15, 0.2) is 68.7 Å². The molecule has 0 aliphatic carbocycles. The number of hydrogen-bond donors (Lipinski definition) is 0. The molecule has 0 amide bonds. The van der Waals surface area contributed by atoms with Crippen LogP contribution in [0.4, 0.5) is 0 Å². The van der Waals surface area contributed by atoms with E-state index in [0.717, 1.165) is 0 Å². The molecule has 124 valence electrons. The van der Waals surface area contributed by atoms with Crippen molar-refractivity contribution in [2.45, 2.75) is 11.8 Å². The Morgan fingerprint density at radius 1 is 1.00 bits per heavy atom. The Hall–Kier alpha value is -2.80. The molecule has 0 spiro atoms. The summed E-state index contributed by atoms with van der Waals surface area (Å²) in [6.07, 6.45) is 0. The lowest BCUT2D eigenvalue weighted by atomic mass is 10.2. The molecule has 24 heavy (non-hydrogen) atoms. The Balaban J connectivity index is 1.99. The fraction of sp³-hybridized carbons (Fsp3) is 0.118.